The second-order valence-electron chi connectivity index (χ2n) is 15.9. The van der Waals surface area contributed by atoms with Crippen molar-refractivity contribution in [2.75, 3.05) is 35.7 Å². The number of hydrogen-bond donors (Lipinski definition) is 2. The maximum Gasteiger partial charge on any atom is 0.238 e. The molecular formula is C48H76N4O2S6. The predicted molar refractivity (Wildman–Crippen MR) is 274 cm³/mol. The summed E-state index contributed by atoms with van der Waals surface area (Å²) in [5, 5.41) is 9.24. The van der Waals surface area contributed by atoms with Crippen LogP contribution >= 0.6 is 70.6 Å². The lowest BCUT2D eigenvalue weighted by Gasteiger charge is -2.31. The van der Waals surface area contributed by atoms with E-state index in [1.54, 1.807) is 47.0 Å². The molecule has 0 fully saturated rings. The van der Waals surface area contributed by atoms with Crippen LogP contribution in [0.1, 0.15) is 142 Å². The lowest BCUT2D eigenvalue weighted by Crippen LogP contribution is -2.35. The Kier molecular flexibility index (Phi) is 26.6. The van der Waals surface area contributed by atoms with Crippen LogP contribution in [0.5, 0.6) is 0 Å². The van der Waals surface area contributed by atoms with E-state index in [1.165, 1.54) is 70.6 Å². The first-order valence-corrected chi connectivity index (χ1v) is 29.3. The average Bonchev–Trinajstić information content (AvgIpc) is 3.26. The van der Waals surface area contributed by atoms with Gasteiger partial charge in [-0.3, -0.25) is 9.59 Å². The molecule has 0 aliphatic carbocycles. The Hall–Kier alpha value is -1.18. The monoisotopic (exact) mass is 932 g/mol. The van der Waals surface area contributed by atoms with Gasteiger partial charge in [0.1, 0.15) is 10.1 Å². The zero-order chi connectivity index (χ0) is 43.9. The van der Waals surface area contributed by atoms with Crippen molar-refractivity contribution in [3.63, 3.8) is 0 Å². The van der Waals surface area contributed by atoms with E-state index in [-0.39, 0.29) is 22.3 Å². The van der Waals surface area contributed by atoms with Crippen LogP contribution in [0.3, 0.4) is 0 Å². The van der Waals surface area contributed by atoms with Crippen LogP contribution in [0.15, 0.2) is 56.3 Å². The van der Waals surface area contributed by atoms with Crippen molar-refractivity contribution in [1.82, 2.24) is 9.97 Å². The molecule has 2 aliphatic heterocycles. The molecule has 12 heteroatoms. The van der Waals surface area contributed by atoms with Crippen LogP contribution in [0.25, 0.3) is 0 Å². The van der Waals surface area contributed by atoms with Crippen molar-refractivity contribution in [2.24, 2.45) is 11.8 Å². The fraction of sp³-hybridized carbons (Fsp3) is 0.667. The second-order valence-corrected chi connectivity index (χ2v) is 22.0. The first-order chi connectivity index (χ1) is 29.1. The van der Waals surface area contributed by atoms with E-state index in [0.29, 0.717) is 22.3 Å². The normalized spacial score (nSPS) is 21.0. The van der Waals surface area contributed by atoms with Crippen LogP contribution < -0.4 is 10.6 Å². The van der Waals surface area contributed by atoms with E-state index in [9.17, 15) is 9.59 Å². The minimum atomic E-state index is -0.0245. The van der Waals surface area contributed by atoms with Gasteiger partial charge in [0.15, 0.2) is 0 Å². The minimum Gasteiger partial charge on any atom is -0.322 e. The van der Waals surface area contributed by atoms with Crippen LogP contribution in [0.2, 0.25) is 0 Å². The molecule has 336 valence electrons. The summed E-state index contributed by atoms with van der Waals surface area (Å²) in [6, 6.07) is 4.14. The van der Waals surface area contributed by atoms with Gasteiger partial charge in [-0.25, -0.2) is 9.97 Å². The highest BCUT2D eigenvalue weighted by atomic mass is 32.2. The standard InChI is InChI=1S/C26H42N2OS3.C22H34N2OS3/c1-6-8-10-12-14-20-16-17-21(15-13-11-9-7-2)32-24(20)25(29)28-23-22(30-4)18-19(3)27-26(23)31-5;1-6-8-10-16-12-13-17(11-9-7-2)28-20(16)21(25)24-19-18(26-4)14-15(3)23-22(19)27-5/h16-18,20-21,24H,6-15H2,1-5H3,(H,28,29);12-14,16-17,20H,6-11H2,1-5H3,(H,24,25)/t20-,21+,24-;/m0./s1. The topological polar surface area (TPSA) is 84.0 Å². The highest BCUT2D eigenvalue weighted by Crippen LogP contribution is 2.41. The number of rotatable bonds is 24. The molecule has 0 radical (unpaired) electrons. The van der Waals surface area contributed by atoms with Gasteiger partial charge in [0, 0.05) is 31.7 Å². The van der Waals surface area contributed by atoms with Gasteiger partial charge in [-0.1, -0.05) is 129 Å². The number of carbonyl (C=O) groups is 2. The fourth-order valence-corrected chi connectivity index (χ4v) is 13.2. The second kappa shape index (κ2) is 30.0. The number of aryl methyl sites for hydroxylation is 2. The van der Waals surface area contributed by atoms with E-state index >= 15 is 0 Å². The van der Waals surface area contributed by atoms with Crippen LogP contribution in [0, 0.1) is 25.7 Å². The number of pyridine rings is 2. The van der Waals surface area contributed by atoms with Crippen molar-refractivity contribution in [3.8, 4) is 0 Å². The highest BCUT2D eigenvalue weighted by molar-refractivity contribution is 8.02. The summed E-state index contributed by atoms with van der Waals surface area (Å²) in [5.41, 5.74) is 3.75. The first-order valence-electron chi connectivity index (χ1n) is 22.6. The number of thioether (sulfide) groups is 6. The summed E-state index contributed by atoms with van der Waals surface area (Å²) in [6.07, 6.45) is 36.9. The zero-order valence-corrected chi connectivity index (χ0v) is 43.3. The van der Waals surface area contributed by atoms with Gasteiger partial charge in [0.2, 0.25) is 11.8 Å². The number of allylic oxidation sites excluding steroid dienone is 2. The van der Waals surface area contributed by atoms with E-state index < -0.39 is 0 Å². The molecule has 0 bridgehead atoms. The third kappa shape index (κ3) is 17.4. The Bertz CT molecular complexity index is 1600. The van der Waals surface area contributed by atoms with E-state index in [0.717, 1.165) is 74.7 Å². The third-order valence-corrected chi connectivity index (χ3v) is 17.1. The van der Waals surface area contributed by atoms with Crippen LogP contribution in [-0.4, -0.2) is 67.8 Å². The summed E-state index contributed by atoms with van der Waals surface area (Å²) >= 11 is 10.3. The maximum atomic E-state index is 13.6. The summed E-state index contributed by atoms with van der Waals surface area (Å²) in [7, 11) is 0. The molecule has 4 rings (SSSR count). The molecule has 2 N–H and O–H groups in total. The molecule has 2 aliphatic rings. The summed E-state index contributed by atoms with van der Waals surface area (Å²) in [5.74, 6) is 0.914. The Morgan fingerprint density at radius 3 is 1.32 bits per heavy atom. The Labute approximate surface area is 391 Å². The molecule has 4 heterocycles. The molecule has 2 aromatic rings. The molecule has 6 nitrogen and oxygen atoms in total. The molecule has 0 aromatic carbocycles. The third-order valence-electron chi connectivity index (χ3n) is 11.0. The van der Waals surface area contributed by atoms with Crippen molar-refractivity contribution in [1.29, 1.82) is 0 Å². The van der Waals surface area contributed by atoms with Gasteiger partial charge in [-0.15, -0.1) is 70.6 Å². The van der Waals surface area contributed by atoms with Gasteiger partial charge in [0.25, 0.3) is 0 Å². The van der Waals surface area contributed by atoms with Gasteiger partial charge >= 0.3 is 0 Å². The summed E-state index contributed by atoms with van der Waals surface area (Å²) < 4.78 is 0. The number of aromatic nitrogens is 2. The van der Waals surface area contributed by atoms with Crippen LogP contribution in [-0.2, 0) is 9.59 Å². The number of unbranched alkanes of at least 4 members (excludes halogenated alkanes) is 8. The quantitative estimate of drug-likeness (QED) is 0.0603. The van der Waals surface area contributed by atoms with Crippen molar-refractivity contribution >= 4 is 93.8 Å². The molecule has 3 unspecified atom stereocenters. The van der Waals surface area contributed by atoms with Crippen molar-refractivity contribution < 1.29 is 9.59 Å². The number of nitrogens with zero attached hydrogens (tertiary/aromatic N) is 2. The Morgan fingerprint density at radius 1 is 0.533 bits per heavy atom. The first kappa shape index (κ1) is 53.2. The molecular weight excluding hydrogens is 857 g/mol. The molecule has 0 spiro atoms. The average molecular weight is 934 g/mol. The van der Waals surface area contributed by atoms with Gasteiger partial charge in [-0.2, -0.15) is 0 Å². The smallest absolute Gasteiger partial charge is 0.238 e. The molecule has 60 heavy (non-hydrogen) atoms. The molecule has 0 saturated heterocycles. The summed E-state index contributed by atoms with van der Waals surface area (Å²) in [4.78, 5) is 38.5. The predicted octanol–water partition coefficient (Wildman–Crippen LogP) is 15.2. The van der Waals surface area contributed by atoms with Gasteiger partial charge in [0.05, 0.1) is 21.9 Å². The van der Waals surface area contributed by atoms with Crippen molar-refractivity contribution in [3.05, 3.63) is 47.8 Å². The summed E-state index contributed by atoms with van der Waals surface area (Å²) in [6.45, 7) is 13.0. The molecule has 2 aromatic heterocycles. The van der Waals surface area contributed by atoms with Crippen molar-refractivity contribution in [2.45, 2.75) is 185 Å². The largest absolute Gasteiger partial charge is 0.322 e. The minimum absolute atomic E-state index is 0.0240. The van der Waals surface area contributed by atoms with Gasteiger partial charge < -0.3 is 10.6 Å². The lowest BCUT2D eigenvalue weighted by molar-refractivity contribution is -0.117. The Morgan fingerprint density at radius 2 is 0.917 bits per heavy atom. The molecule has 6 atom stereocenters. The molecule has 0 saturated carbocycles. The van der Waals surface area contributed by atoms with E-state index in [1.807, 2.05) is 49.9 Å². The maximum absolute atomic E-state index is 13.6. The lowest BCUT2D eigenvalue weighted by atomic mass is 9.94. The number of nitrogens with one attached hydrogen (secondary N) is 2. The fourth-order valence-electron chi connectivity index (χ4n) is 7.63. The zero-order valence-electron chi connectivity index (χ0n) is 38.4. The van der Waals surface area contributed by atoms with E-state index in [4.69, 9.17) is 0 Å². The highest BCUT2D eigenvalue weighted by Gasteiger charge is 2.34. The SMILES string of the molecule is CCCCC1C=CC(CCCC)C(C(=O)Nc2c(SC)cc(C)nc2SC)S1.CCCCCC[C@H]1C=C[C@@H](CCCCCC)S[C@@H]1C(=O)Nc1c(SC)cc(C)nc1SC. The number of amides is 2. The number of hydrogen-bond acceptors (Lipinski definition) is 10. The van der Waals surface area contributed by atoms with Gasteiger partial charge in [-0.05, 0) is 88.5 Å². The van der Waals surface area contributed by atoms with Crippen LogP contribution in [0.4, 0.5) is 11.4 Å². The van der Waals surface area contributed by atoms with E-state index in [2.05, 4.69) is 97.2 Å². The Balaban J connectivity index is 0.000000323. The number of carbonyl (C=O) groups excluding carboxylic acids is 2. The molecule has 2 amide bonds. The number of anilines is 2.